The number of aromatic amines is 1. The van der Waals surface area contributed by atoms with Crippen LogP contribution in [-0.4, -0.2) is 48.6 Å². The molecule has 2 aromatic heterocycles. The standard InChI is InChI=1S/C24H31N5O/c1-15(2)22-19-14-18(29-12-8-21(24(29)30)27-11-10-25-4)5-6-20(19)28-23(22)17-7-9-26-16(3)13-17/h5-7,9,13-15,21,25,27-28H,8,10-12H2,1-4H3. The molecule has 1 aromatic carbocycles. The van der Waals surface area contributed by atoms with Gasteiger partial charge in [0.1, 0.15) is 0 Å². The number of carbonyl (C=O) groups excluding carboxylic acids is 1. The molecule has 1 amide bonds. The average molecular weight is 406 g/mol. The number of hydrogen-bond acceptors (Lipinski definition) is 4. The highest BCUT2D eigenvalue weighted by Crippen LogP contribution is 2.37. The number of amides is 1. The Kier molecular flexibility index (Phi) is 5.88. The SMILES string of the molecule is CNCCNC1CCN(c2ccc3[nH]c(-c4ccnc(C)c4)c(C(C)C)c3c2)C1=O. The van der Waals surface area contributed by atoms with Gasteiger partial charge in [-0.3, -0.25) is 9.78 Å². The Morgan fingerprint density at radius 2 is 2.07 bits per heavy atom. The van der Waals surface area contributed by atoms with Crippen molar-refractivity contribution >= 4 is 22.5 Å². The highest BCUT2D eigenvalue weighted by molar-refractivity contribution is 6.02. The maximum Gasteiger partial charge on any atom is 0.244 e. The third-order valence-electron chi connectivity index (χ3n) is 5.87. The van der Waals surface area contributed by atoms with E-state index in [0.717, 1.165) is 54.2 Å². The van der Waals surface area contributed by atoms with Crippen LogP contribution in [0, 0.1) is 6.92 Å². The van der Waals surface area contributed by atoms with Crippen LogP contribution in [0.5, 0.6) is 0 Å². The number of nitrogens with one attached hydrogen (secondary N) is 3. The predicted octanol–water partition coefficient (Wildman–Crippen LogP) is 3.58. The van der Waals surface area contributed by atoms with Crippen molar-refractivity contribution in [3.63, 3.8) is 0 Å². The van der Waals surface area contributed by atoms with Gasteiger partial charge in [0.05, 0.1) is 11.7 Å². The van der Waals surface area contributed by atoms with Gasteiger partial charge in [-0.05, 0) is 62.2 Å². The molecule has 6 nitrogen and oxygen atoms in total. The Balaban J connectivity index is 1.69. The quantitative estimate of drug-likeness (QED) is 0.526. The first-order chi connectivity index (χ1) is 14.5. The monoisotopic (exact) mass is 405 g/mol. The van der Waals surface area contributed by atoms with Crippen LogP contribution in [0.1, 0.15) is 37.4 Å². The first-order valence-corrected chi connectivity index (χ1v) is 10.8. The minimum Gasteiger partial charge on any atom is -0.354 e. The van der Waals surface area contributed by atoms with Gasteiger partial charge in [-0.2, -0.15) is 0 Å². The Morgan fingerprint density at radius 3 is 2.80 bits per heavy atom. The van der Waals surface area contributed by atoms with Crippen molar-refractivity contribution in [3.8, 4) is 11.3 Å². The van der Waals surface area contributed by atoms with Gasteiger partial charge in [-0.25, -0.2) is 0 Å². The smallest absolute Gasteiger partial charge is 0.244 e. The van der Waals surface area contributed by atoms with Crippen molar-refractivity contribution in [3.05, 3.63) is 47.8 Å². The summed E-state index contributed by atoms with van der Waals surface area (Å²) in [6.45, 7) is 8.85. The van der Waals surface area contributed by atoms with Gasteiger partial charge in [0, 0.05) is 53.7 Å². The molecular weight excluding hydrogens is 374 g/mol. The van der Waals surface area contributed by atoms with Crippen molar-refractivity contribution in [2.24, 2.45) is 0 Å². The van der Waals surface area contributed by atoms with Crippen LogP contribution in [0.4, 0.5) is 5.69 Å². The Bertz CT molecular complexity index is 1050. The van der Waals surface area contributed by atoms with Gasteiger partial charge < -0.3 is 20.5 Å². The fourth-order valence-electron chi connectivity index (χ4n) is 4.39. The molecule has 3 heterocycles. The maximum absolute atomic E-state index is 12.9. The minimum atomic E-state index is -0.0970. The number of aromatic nitrogens is 2. The number of anilines is 1. The van der Waals surface area contributed by atoms with E-state index in [1.807, 2.05) is 25.1 Å². The molecule has 0 spiro atoms. The van der Waals surface area contributed by atoms with Crippen LogP contribution >= 0.6 is 0 Å². The second-order valence-corrected chi connectivity index (χ2v) is 8.37. The summed E-state index contributed by atoms with van der Waals surface area (Å²) in [4.78, 5) is 22.8. The Morgan fingerprint density at radius 1 is 1.23 bits per heavy atom. The summed E-state index contributed by atoms with van der Waals surface area (Å²) in [5.41, 5.74) is 6.65. The van der Waals surface area contributed by atoms with E-state index < -0.39 is 0 Å². The van der Waals surface area contributed by atoms with Gasteiger partial charge in [0.25, 0.3) is 0 Å². The Hall–Kier alpha value is -2.70. The van der Waals surface area contributed by atoms with E-state index in [1.54, 1.807) is 0 Å². The second-order valence-electron chi connectivity index (χ2n) is 8.37. The van der Waals surface area contributed by atoms with E-state index >= 15 is 0 Å². The lowest BCUT2D eigenvalue weighted by atomic mass is 9.96. The molecule has 6 heteroatoms. The zero-order valence-electron chi connectivity index (χ0n) is 18.2. The van der Waals surface area contributed by atoms with Crippen LogP contribution < -0.4 is 15.5 Å². The maximum atomic E-state index is 12.9. The van der Waals surface area contributed by atoms with Crippen molar-refractivity contribution in [2.45, 2.75) is 39.2 Å². The normalized spacial score (nSPS) is 16.9. The molecule has 1 unspecified atom stereocenters. The molecule has 0 saturated carbocycles. The average Bonchev–Trinajstić information content (AvgIpc) is 3.28. The largest absolute Gasteiger partial charge is 0.354 e. The molecule has 1 aliphatic heterocycles. The van der Waals surface area contributed by atoms with E-state index in [1.165, 1.54) is 10.9 Å². The van der Waals surface area contributed by atoms with E-state index in [4.69, 9.17) is 0 Å². The third-order valence-corrected chi connectivity index (χ3v) is 5.87. The van der Waals surface area contributed by atoms with Crippen LogP contribution in [0.15, 0.2) is 36.5 Å². The fourth-order valence-corrected chi connectivity index (χ4v) is 4.39. The van der Waals surface area contributed by atoms with Crippen LogP contribution in [-0.2, 0) is 4.79 Å². The molecule has 3 N–H and O–H groups in total. The van der Waals surface area contributed by atoms with E-state index in [0.29, 0.717) is 5.92 Å². The molecule has 1 atom stereocenters. The number of H-pyrrole nitrogens is 1. The summed E-state index contributed by atoms with van der Waals surface area (Å²) in [6.07, 6.45) is 2.70. The zero-order chi connectivity index (χ0) is 21.3. The van der Waals surface area contributed by atoms with Crippen LogP contribution in [0.25, 0.3) is 22.2 Å². The molecule has 0 bridgehead atoms. The molecule has 158 valence electrons. The van der Waals surface area contributed by atoms with Gasteiger partial charge in [0.2, 0.25) is 5.91 Å². The molecule has 30 heavy (non-hydrogen) atoms. The van der Waals surface area contributed by atoms with E-state index in [-0.39, 0.29) is 11.9 Å². The van der Waals surface area contributed by atoms with E-state index in [2.05, 4.69) is 64.8 Å². The third kappa shape index (κ3) is 3.85. The van der Waals surface area contributed by atoms with Gasteiger partial charge >= 0.3 is 0 Å². The zero-order valence-corrected chi connectivity index (χ0v) is 18.2. The topological polar surface area (TPSA) is 73.0 Å². The summed E-state index contributed by atoms with van der Waals surface area (Å²) < 4.78 is 0. The number of benzene rings is 1. The highest BCUT2D eigenvalue weighted by atomic mass is 16.2. The lowest BCUT2D eigenvalue weighted by Crippen LogP contribution is -2.40. The van der Waals surface area contributed by atoms with Gasteiger partial charge in [-0.1, -0.05) is 13.8 Å². The molecule has 1 saturated heterocycles. The number of aryl methyl sites for hydroxylation is 1. The van der Waals surface area contributed by atoms with Crippen molar-refractivity contribution in [1.82, 2.24) is 20.6 Å². The first-order valence-electron chi connectivity index (χ1n) is 10.8. The number of rotatable bonds is 7. The van der Waals surface area contributed by atoms with Gasteiger partial charge in [-0.15, -0.1) is 0 Å². The fraction of sp³-hybridized carbons (Fsp3) is 0.417. The van der Waals surface area contributed by atoms with Crippen molar-refractivity contribution in [2.75, 3.05) is 31.6 Å². The first kappa shape index (κ1) is 20.6. The minimum absolute atomic E-state index is 0.0970. The summed E-state index contributed by atoms with van der Waals surface area (Å²) in [5.74, 6) is 0.514. The molecule has 3 aromatic rings. The lowest BCUT2D eigenvalue weighted by Gasteiger charge is -2.18. The number of nitrogens with zero attached hydrogens (tertiary/aromatic N) is 2. The van der Waals surface area contributed by atoms with Gasteiger partial charge in [0.15, 0.2) is 0 Å². The number of likely N-dealkylation sites (N-methyl/N-ethyl adjacent to an activating group) is 1. The molecular formula is C24H31N5O. The van der Waals surface area contributed by atoms with Crippen LogP contribution in [0.3, 0.4) is 0 Å². The lowest BCUT2D eigenvalue weighted by molar-refractivity contribution is -0.118. The molecule has 1 aliphatic rings. The number of hydrogen-bond donors (Lipinski definition) is 3. The summed E-state index contributed by atoms with van der Waals surface area (Å²) >= 11 is 0. The Labute approximate surface area is 178 Å². The molecule has 0 radical (unpaired) electrons. The highest BCUT2D eigenvalue weighted by Gasteiger charge is 2.32. The second kappa shape index (κ2) is 8.58. The van der Waals surface area contributed by atoms with Crippen molar-refractivity contribution < 1.29 is 4.79 Å². The number of fused-ring (bicyclic) bond motifs is 1. The molecule has 1 fully saturated rings. The predicted molar refractivity (Wildman–Crippen MR) is 123 cm³/mol. The number of carbonyl (C=O) groups is 1. The summed E-state index contributed by atoms with van der Waals surface area (Å²) in [5, 5.41) is 7.66. The van der Waals surface area contributed by atoms with Crippen molar-refractivity contribution in [1.29, 1.82) is 0 Å². The summed E-state index contributed by atoms with van der Waals surface area (Å²) in [6, 6.07) is 10.4. The summed E-state index contributed by atoms with van der Waals surface area (Å²) in [7, 11) is 1.92. The molecule has 0 aliphatic carbocycles. The van der Waals surface area contributed by atoms with E-state index in [9.17, 15) is 4.79 Å². The molecule has 4 rings (SSSR count). The van der Waals surface area contributed by atoms with Crippen LogP contribution in [0.2, 0.25) is 0 Å². The number of pyridine rings is 1.